The Morgan fingerprint density at radius 3 is 2.79 bits per heavy atom. The molecule has 0 aliphatic carbocycles. The molecular formula is C20H16ClFN4O5S2. The van der Waals surface area contributed by atoms with Crippen LogP contribution in [0.3, 0.4) is 0 Å². The average Bonchev–Trinajstić information content (AvgIpc) is 3.20. The van der Waals surface area contributed by atoms with Crippen molar-refractivity contribution in [3.05, 3.63) is 57.5 Å². The Morgan fingerprint density at radius 1 is 1.42 bits per heavy atom. The maximum Gasteiger partial charge on any atom is 0.352 e. The Morgan fingerprint density at radius 2 is 2.18 bits per heavy atom. The summed E-state index contributed by atoms with van der Waals surface area (Å²) in [5.74, 6) is -3.59. The number of phenolic OH excluding ortho intramolecular Hbond substituents is 1. The number of carboxylic acid groups (broad SMARTS) is 1. The molecule has 4 rings (SSSR count). The molecule has 2 amide bonds. The van der Waals surface area contributed by atoms with E-state index in [4.69, 9.17) is 17.3 Å². The Hall–Kier alpha value is -3.09. The molecule has 3 heterocycles. The number of halogens is 2. The fourth-order valence-electron chi connectivity index (χ4n) is 3.58. The summed E-state index contributed by atoms with van der Waals surface area (Å²) in [5.41, 5.74) is 7.61. The molecule has 0 saturated carbocycles. The summed E-state index contributed by atoms with van der Waals surface area (Å²) < 4.78 is 13.7. The first-order valence-corrected chi connectivity index (χ1v) is 11.8. The van der Waals surface area contributed by atoms with Crippen molar-refractivity contribution in [2.75, 3.05) is 11.5 Å². The van der Waals surface area contributed by atoms with Crippen molar-refractivity contribution >= 4 is 63.2 Å². The molecule has 0 radical (unpaired) electrons. The highest BCUT2D eigenvalue weighted by Gasteiger charge is 2.54. The van der Waals surface area contributed by atoms with Crippen LogP contribution in [0.2, 0.25) is 0 Å². The molecule has 5 N–H and O–H groups in total. The SMILES string of the molecule is Nc1nc(/C(=C/Cl)C(=O)N[C@@H]2C(=O)N3C(C(=O)O)=C(Cc4ccc(O)c(F)c4)CS[C@H]23)cs1. The second kappa shape index (κ2) is 9.04. The van der Waals surface area contributed by atoms with Crippen molar-refractivity contribution < 1.29 is 29.0 Å². The topological polar surface area (TPSA) is 146 Å². The monoisotopic (exact) mass is 510 g/mol. The third kappa shape index (κ3) is 4.28. The highest BCUT2D eigenvalue weighted by Crippen LogP contribution is 2.41. The predicted molar refractivity (Wildman–Crippen MR) is 122 cm³/mol. The van der Waals surface area contributed by atoms with Gasteiger partial charge < -0.3 is 21.3 Å². The molecule has 1 fully saturated rings. The number of aromatic hydroxyl groups is 1. The lowest BCUT2D eigenvalue weighted by atomic mass is 9.98. The number of thiazole rings is 1. The third-order valence-electron chi connectivity index (χ3n) is 5.12. The summed E-state index contributed by atoms with van der Waals surface area (Å²) in [6.07, 6.45) is 0.0870. The lowest BCUT2D eigenvalue weighted by Gasteiger charge is -2.49. The van der Waals surface area contributed by atoms with E-state index >= 15 is 0 Å². The summed E-state index contributed by atoms with van der Waals surface area (Å²) in [7, 11) is 0. The lowest BCUT2D eigenvalue weighted by molar-refractivity contribution is -0.150. The highest BCUT2D eigenvalue weighted by atomic mass is 35.5. The van der Waals surface area contributed by atoms with Crippen LogP contribution in [0.15, 0.2) is 40.4 Å². The van der Waals surface area contributed by atoms with Gasteiger partial charge in [-0.1, -0.05) is 17.7 Å². The number of thioether (sulfide) groups is 1. The predicted octanol–water partition coefficient (Wildman–Crippen LogP) is 2.13. The Balaban J connectivity index is 1.53. The molecular weight excluding hydrogens is 495 g/mol. The number of aromatic nitrogens is 1. The molecule has 2 aliphatic rings. The first-order chi connectivity index (χ1) is 15.7. The van der Waals surface area contributed by atoms with Crippen LogP contribution in [0, 0.1) is 5.82 Å². The van der Waals surface area contributed by atoms with Gasteiger partial charge in [0.05, 0.1) is 11.3 Å². The van der Waals surface area contributed by atoms with Gasteiger partial charge in [-0.15, -0.1) is 23.1 Å². The summed E-state index contributed by atoms with van der Waals surface area (Å²) >= 11 is 8.19. The number of nitrogens with zero attached hydrogens (tertiary/aromatic N) is 2. The molecule has 33 heavy (non-hydrogen) atoms. The molecule has 13 heteroatoms. The number of hydrogen-bond acceptors (Lipinski definition) is 8. The Labute approximate surface area is 199 Å². The summed E-state index contributed by atoms with van der Waals surface area (Å²) in [6.45, 7) is 0. The van der Waals surface area contributed by atoms with E-state index in [9.17, 15) is 29.0 Å². The molecule has 0 spiro atoms. The second-order valence-corrected chi connectivity index (χ2v) is 9.39. The van der Waals surface area contributed by atoms with Crippen LogP contribution >= 0.6 is 34.7 Å². The molecule has 2 atom stereocenters. The molecule has 9 nitrogen and oxygen atoms in total. The largest absolute Gasteiger partial charge is 0.505 e. The minimum absolute atomic E-state index is 0.0284. The number of nitrogen functional groups attached to an aromatic ring is 1. The third-order valence-corrected chi connectivity index (χ3v) is 7.35. The van der Waals surface area contributed by atoms with Crippen molar-refractivity contribution in [3.63, 3.8) is 0 Å². The van der Waals surface area contributed by atoms with Gasteiger partial charge in [-0.2, -0.15) is 0 Å². The standard InChI is InChI=1S/C20H16ClFN4O5S2/c21-5-10(12-7-33-20(23)24-12)16(28)25-14-17(29)26-15(19(30)31)9(6-32-18(14)26)3-8-1-2-13(27)11(22)4-8/h1-2,4-5,7,14,18,27H,3,6H2,(H2,23,24)(H,25,28)(H,30,31)/b10-5-/t14-,18-/m1/s1. The molecule has 1 saturated heterocycles. The van der Waals surface area contributed by atoms with Gasteiger partial charge in [0.1, 0.15) is 17.1 Å². The molecule has 2 aromatic rings. The van der Waals surface area contributed by atoms with Crippen LogP contribution in [-0.4, -0.2) is 55.0 Å². The maximum atomic E-state index is 13.7. The number of fused-ring (bicyclic) bond motifs is 1. The van der Waals surface area contributed by atoms with E-state index in [0.29, 0.717) is 11.1 Å². The van der Waals surface area contributed by atoms with Crippen molar-refractivity contribution in [1.29, 1.82) is 0 Å². The van der Waals surface area contributed by atoms with E-state index in [1.807, 2.05) is 0 Å². The number of carbonyl (C=O) groups excluding carboxylic acids is 2. The molecule has 1 aromatic heterocycles. The number of anilines is 1. The second-order valence-electron chi connectivity index (χ2n) is 7.17. The van der Waals surface area contributed by atoms with Crippen LogP contribution in [0.1, 0.15) is 11.3 Å². The van der Waals surface area contributed by atoms with Crippen molar-refractivity contribution in [3.8, 4) is 5.75 Å². The first-order valence-electron chi connectivity index (χ1n) is 9.41. The van der Waals surface area contributed by atoms with Gasteiger partial charge >= 0.3 is 5.97 Å². The lowest BCUT2D eigenvalue weighted by Crippen LogP contribution is -2.70. The van der Waals surface area contributed by atoms with Crippen molar-refractivity contribution in [1.82, 2.24) is 15.2 Å². The van der Waals surface area contributed by atoms with E-state index in [1.165, 1.54) is 23.9 Å². The number of nitrogens with one attached hydrogen (secondary N) is 1. The number of phenols is 1. The van der Waals surface area contributed by atoms with Crippen LogP contribution in [0.4, 0.5) is 9.52 Å². The van der Waals surface area contributed by atoms with Gasteiger partial charge in [0.15, 0.2) is 16.7 Å². The van der Waals surface area contributed by atoms with Gasteiger partial charge in [-0.05, 0) is 29.7 Å². The van der Waals surface area contributed by atoms with E-state index in [1.54, 1.807) is 5.38 Å². The zero-order chi connectivity index (χ0) is 23.9. The quantitative estimate of drug-likeness (QED) is 0.341. The van der Waals surface area contributed by atoms with E-state index in [0.717, 1.165) is 27.8 Å². The molecule has 172 valence electrons. The van der Waals surface area contributed by atoms with E-state index < -0.39 is 40.8 Å². The smallest absolute Gasteiger partial charge is 0.352 e. The summed E-state index contributed by atoms with van der Waals surface area (Å²) in [5, 5.41) is 22.9. The van der Waals surface area contributed by atoms with Crippen molar-refractivity contribution in [2.45, 2.75) is 17.8 Å². The zero-order valence-corrected chi connectivity index (χ0v) is 19.0. The Bertz CT molecular complexity index is 1230. The number of β-lactam (4-membered cyclic amide) rings is 1. The fraction of sp³-hybridized carbons (Fsp3) is 0.200. The van der Waals surface area contributed by atoms with Gasteiger partial charge in [-0.3, -0.25) is 14.5 Å². The average molecular weight is 511 g/mol. The number of amides is 2. The fourth-order valence-corrected chi connectivity index (χ4v) is 5.70. The summed E-state index contributed by atoms with van der Waals surface area (Å²) in [6, 6.07) is 2.83. The van der Waals surface area contributed by atoms with Gasteiger partial charge in [0, 0.05) is 16.7 Å². The maximum absolute atomic E-state index is 13.7. The van der Waals surface area contributed by atoms with Crippen LogP contribution in [0.5, 0.6) is 5.75 Å². The summed E-state index contributed by atoms with van der Waals surface area (Å²) in [4.78, 5) is 42.6. The van der Waals surface area contributed by atoms with Crippen molar-refractivity contribution in [2.24, 2.45) is 0 Å². The molecule has 2 aliphatic heterocycles. The van der Waals surface area contributed by atoms with Crippen LogP contribution < -0.4 is 11.1 Å². The Kier molecular flexibility index (Phi) is 6.32. The number of rotatable bonds is 6. The normalized spacial score (nSPS) is 20.4. The molecule has 0 unspecified atom stereocenters. The molecule has 1 aromatic carbocycles. The van der Waals surface area contributed by atoms with Gasteiger partial charge in [0.2, 0.25) is 0 Å². The number of benzene rings is 1. The number of carbonyl (C=O) groups is 3. The minimum Gasteiger partial charge on any atom is -0.505 e. The van der Waals surface area contributed by atoms with Gasteiger partial charge in [-0.25, -0.2) is 14.2 Å². The number of hydrogen-bond donors (Lipinski definition) is 4. The number of aliphatic carboxylic acids is 1. The van der Waals surface area contributed by atoms with E-state index in [-0.39, 0.29) is 34.3 Å². The number of carboxylic acids is 1. The molecule has 0 bridgehead atoms. The minimum atomic E-state index is -1.30. The van der Waals surface area contributed by atoms with Gasteiger partial charge in [0.25, 0.3) is 11.8 Å². The zero-order valence-electron chi connectivity index (χ0n) is 16.6. The van der Waals surface area contributed by atoms with Crippen LogP contribution in [0.25, 0.3) is 5.57 Å². The highest BCUT2D eigenvalue weighted by molar-refractivity contribution is 8.00. The number of nitrogens with two attached hydrogens (primary N) is 1. The van der Waals surface area contributed by atoms with Crippen LogP contribution in [-0.2, 0) is 20.8 Å². The first kappa shape index (κ1) is 23.1. The van der Waals surface area contributed by atoms with E-state index in [2.05, 4.69) is 10.3 Å².